The van der Waals surface area contributed by atoms with Crippen LogP contribution in [0, 0.1) is 0 Å². The van der Waals surface area contributed by atoms with Crippen molar-refractivity contribution in [3.05, 3.63) is 20.3 Å². The fourth-order valence-corrected chi connectivity index (χ4v) is 4.39. The zero-order valence-electron chi connectivity index (χ0n) is 9.79. The first kappa shape index (κ1) is 12.7. The van der Waals surface area contributed by atoms with Crippen LogP contribution in [0.15, 0.2) is 6.07 Å². The SMILES string of the molecule is O=C(c1cc(Cl)sc1Cl)N1C2CCNCC1CC2. The molecule has 98 valence electrons. The van der Waals surface area contributed by atoms with Crippen molar-refractivity contribution in [3.63, 3.8) is 0 Å². The van der Waals surface area contributed by atoms with Crippen molar-refractivity contribution in [2.45, 2.75) is 31.3 Å². The summed E-state index contributed by atoms with van der Waals surface area (Å²) in [5, 5.41) is 3.38. The average Bonchev–Trinajstić information content (AvgIpc) is 2.76. The second-order valence-electron chi connectivity index (χ2n) is 4.83. The summed E-state index contributed by atoms with van der Waals surface area (Å²) in [6.45, 7) is 1.88. The molecule has 2 fully saturated rings. The average molecular weight is 305 g/mol. The highest BCUT2D eigenvalue weighted by molar-refractivity contribution is 7.20. The van der Waals surface area contributed by atoms with Crippen LogP contribution in [0.25, 0.3) is 0 Å². The number of rotatable bonds is 1. The van der Waals surface area contributed by atoms with Crippen molar-refractivity contribution in [1.82, 2.24) is 10.2 Å². The van der Waals surface area contributed by atoms with Crippen LogP contribution in [0.1, 0.15) is 29.6 Å². The lowest BCUT2D eigenvalue weighted by Gasteiger charge is -2.27. The van der Waals surface area contributed by atoms with Crippen LogP contribution in [-0.2, 0) is 0 Å². The number of carbonyl (C=O) groups is 1. The summed E-state index contributed by atoms with van der Waals surface area (Å²) in [5.41, 5.74) is 0.561. The number of nitrogens with zero attached hydrogens (tertiary/aromatic N) is 1. The van der Waals surface area contributed by atoms with Crippen molar-refractivity contribution < 1.29 is 4.79 Å². The number of hydrogen-bond acceptors (Lipinski definition) is 3. The molecule has 0 aliphatic carbocycles. The molecular formula is C12H14Cl2N2OS. The second-order valence-corrected chi connectivity index (χ2v) is 7.11. The minimum Gasteiger partial charge on any atom is -0.331 e. The van der Waals surface area contributed by atoms with Gasteiger partial charge in [0.1, 0.15) is 4.34 Å². The zero-order valence-corrected chi connectivity index (χ0v) is 12.1. The Kier molecular flexibility index (Phi) is 3.54. The molecule has 2 aliphatic heterocycles. The van der Waals surface area contributed by atoms with E-state index in [0.29, 0.717) is 26.3 Å². The van der Waals surface area contributed by atoms with E-state index in [1.165, 1.54) is 11.3 Å². The highest BCUT2D eigenvalue weighted by atomic mass is 35.5. The topological polar surface area (TPSA) is 32.3 Å². The maximum Gasteiger partial charge on any atom is 0.256 e. The molecule has 2 unspecified atom stereocenters. The van der Waals surface area contributed by atoms with E-state index in [1.807, 2.05) is 4.90 Å². The van der Waals surface area contributed by atoms with E-state index in [4.69, 9.17) is 23.2 Å². The van der Waals surface area contributed by atoms with Gasteiger partial charge in [-0.2, -0.15) is 0 Å². The summed E-state index contributed by atoms with van der Waals surface area (Å²) in [6, 6.07) is 2.35. The molecule has 2 atom stereocenters. The van der Waals surface area contributed by atoms with Gasteiger partial charge in [-0.25, -0.2) is 0 Å². The molecule has 0 saturated carbocycles. The van der Waals surface area contributed by atoms with Crippen molar-refractivity contribution in [2.24, 2.45) is 0 Å². The van der Waals surface area contributed by atoms with Crippen LogP contribution < -0.4 is 5.32 Å². The molecule has 0 radical (unpaired) electrons. The number of halogens is 2. The summed E-state index contributed by atoms with van der Waals surface area (Å²) in [5.74, 6) is 0.0411. The number of carbonyl (C=O) groups excluding carboxylic acids is 1. The molecule has 3 nitrogen and oxygen atoms in total. The monoisotopic (exact) mass is 304 g/mol. The molecule has 3 heterocycles. The Bertz CT molecular complexity index is 463. The van der Waals surface area contributed by atoms with E-state index < -0.39 is 0 Å². The minimum absolute atomic E-state index is 0.0411. The third kappa shape index (κ3) is 2.16. The van der Waals surface area contributed by atoms with Crippen molar-refractivity contribution in [1.29, 1.82) is 0 Å². The van der Waals surface area contributed by atoms with E-state index in [2.05, 4.69) is 5.32 Å². The number of fused-ring (bicyclic) bond motifs is 2. The van der Waals surface area contributed by atoms with Gasteiger partial charge in [-0.15, -0.1) is 11.3 Å². The smallest absolute Gasteiger partial charge is 0.256 e. The van der Waals surface area contributed by atoms with Crippen LogP contribution in [0.4, 0.5) is 0 Å². The van der Waals surface area contributed by atoms with E-state index in [1.54, 1.807) is 6.07 Å². The molecule has 1 aromatic rings. The third-order valence-electron chi connectivity index (χ3n) is 3.78. The maximum atomic E-state index is 12.6. The Labute approximate surface area is 120 Å². The molecule has 2 aliphatic rings. The van der Waals surface area contributed by atoms with Gasteiger partial charge in [0.25, 0.3) is 5.91 Å². The van der Waals surface area contributed by atoms with E-state index >= 15 is 0 Å². The Hall–Kier alpha value is -0.290. The van der Waals surface area contributed by atoms with Crippen LogP contribution in [0.5, 0.6) is 0 Å². The first-order valence-electron chi connectivity index (χ1n) is 6.15. The summed E-state index contributed by atoms with van der Waals surface area (Å²) in [7, 11) is 0. The Balaban J connectivity index is 1.90. The van der Waals surface area contributed by atoms with Crippen LogP contribution >= 0.6 is 34.5 Å². The van der Waals surface area contributed by atoms with Crippen molar-refractivity contribution >= 4 is 40.4 Å². The van der Waals surface area contributed by atoms with Gasteiger partial charge in [0.15, 0.2) is 0 Å². The fourth-order valence-electron chi connectivity index (χ4n) is 2.94. The van der Waals surface area contributed by atoms with Crippen LogP contribution in [0.3, 0.4) is 0 Å². The number of nitrogens with one attached hydrogen (secondary N) is 1. The van der Waals surface area contributed by atoms with Gasteiger partial charge in [-0.1, -0.05) is 23.2 Å². The molecule has 1 amide bonds. The van der Waals surface area contributed by atoms with Gasteiger partial charge in [-0.3, -0.25) is 4.79 Å². The molecule has 2 saturated heterocycles. The molecule has 3 rings (SSSR count). The van der Waals surface area contributed by atoms with Gasteiger partial charge in [-0.05, 0) is 31.9 Å². The lowest BCUT2D eigenvalue weighted by Crippen LogP contribution is -2.42. The standard InChI is InChI=1S/C12H14Cl2N2OS/c13-10-5-9(11(14)18-10)12(17)16-7-1-2-8(16)6-15-4-3-7/h5,7-8,15H,1-4,6H2. The maximum absolute atomic E-state index is 12.6. The quantitative estimate of drug-likeness (QED) is 0.865. The highest BCUT2D eigenvalue weighted by Gasteiger charge is 2.39. The molecule has 6 heteroatoms. The summed E-state index contributed by atoms with van der Waals surface area (Å²) in [4.78, 5) is 14.6. The normalized spacial score (nSPS) is 27.3. The van der Waals surface area contributed by atoms with Gasteiger partial charge in [0.05, 0.1) is 9.90 Å². The zero-order chi connectivity index (χ0) is 12.7. The fraction of sp³-hybridized carbons (Fsp3) is 0.583. The molecule has 1 aromatic heterocycles. The molecule has 18 heavy (non-hydrogen) atoms. The lowest BCUT2D eigenvalue weighted by molar-refractivity contribution is 0.0681. The van der Waals surface area contributed by atoms with E-state index in [0.717, 1.165) is 32.4 Å². The Morgan fingerprint density at radius 1 is 1.33 bits per heavy atom. The number of hydrogen-bond donors (Lipinski definition) is 1. The van der Waals surface area contributed by atoms with Gasteiger partial charge >= 0.3 is 0 Å². The minimum atomic E-state index is 0.0411. The largest absolute Gasteiger partial charge is 0.331 e. The summed E-state index contributed by atoms with van der Waals surface area (Å²) >= 11 is 13.3. The van der Waals surface area contributed by atoms with Crippen molar-refractivity contribution in [2.75, 3.05) is 13.1 Å². The first-order chi connectivity index (χ1) is 8.66. The summed E-state index contributed by atoms with van der Waals surface area (Å²) < 4.78 is 1.07. The predicted molar refractivity (Wildman–Crippen MR) is 74.8 cm³/mol. The van der Waals surface area contributed by atoms with Gasteiger partial charge < -0.3 is 10.2 Å². The first-order valence-corrected chi connectivity index (χ1v) is 7.72. The molecule has 1 N–H and O–H groups in total. The van der Waals surface area contributed by atoms with Crippen molar-refractivity contribution in [3.8, 4) is 0 Å². The van der Waals surface area contributed by atoms with E-state index in [9.17, 15) is 4.79 Å². The second kappa shape index (κ2) is 5.00. The molecule has 0 aromatic carbocycles. The molecule has 2 bridgehead atoms. The van der Waals surface area contributed by atoms with E-state index in [-0.39, 0.29) is 5.91 Å². The Morgan fingerprint density at radius 3 is 2.83 bits per heavy atom. The Morgan fingerprint density at radius 2 is 2.11 bits per heavy atom. The van der Waals surface area contributed by atoms with Gasteiger partial charge in [0.2, 0.25) is 0 Å². The highest BCUT2D eigenvalue weighted by Crippen LogP contribution is 2.35. The molecule has 0 spiro atoms. The third-order valence-corrected chi connectivity index (χ3v) is 5.26. The number of thiophene rings is 1. The van der Waals surface area contributed by atoms with Gasteiger partial charge in [0, 0.05) is 18.6 Å². The molecular weight excluding hydrogens is 291 g/mol. The predicted octanol–water partition coefficient (Wildman–Crippen LogP) is 3.02. The van der Waals surface area contributed by atoms with Crippen LogP contribution in [-0.4, -0.2) is 36.0 Å². The number of amides is 1. The summed E-state index contributed by atoms with van der Waals surface area (Å²) in [6.07, 6.45) is 3.21. The van der Waals surface area contributed by atoms with Crippen LogP contribution in [0.2, 0.25) is 8.67 Å². The lowest BCUT2D eigenvalue weighted by atomic mass is 10.1.